The number of hydrogen-bond acceptors (Lipinski definition) is 5. The Kier molecular flexibility index (Phi) is 2.77. The lowest BCUT2D eigenvalue weighted by Crippen LogP contribution is -2.44. The summed E-state index contributed by atoms with van der Waals surface area (Å²) < 4.78 is 1.96. The maximum atomic E-state index is 8.21. The molecule has 0 radical (unpaired) electrons. The highest BCUT2D eigenvalue weighted by molar-refractivity contribution is 6.01. The average Bonchev–Trinajstić information content (AvgIpc) is 2.74. The number of allylic oxidation sites excluding steroid dienone is 1. The van der Waals surface area contributed by atoms with E-state index in [4.69, 9.17) is 5.41 Å². The standard InChI is InChI=1S/C13H19N7/c1-8-5-6-15-20(7-8)13-17-10-11(14)18(3)9(2)16-12(10)19(13)4/h5-6,9,14,16H,7H2,1-4H3. The molecular formula is C13H19N7. The van der Waals surface area contributed by atoms with Crippen LogP contribution in [0.15, 0.2) is 16.8 Å². The first kappa shape index (κ1) is 12.7. The average molecular weight is 273 g/mol. The fourth-order valence-electron chi connectivity index (χ4n) is 2.40. The molecule has 106 valence electrons. The number of imidazole rings is 1. The van der Waals surface area contributed by atoms with Crippen LogP contribution in [0.5, 0.6) is 0 Å². The van der Waals surface area contributed by atoms with E-state index in [1.54, 1.807) is 6.21 Å². The molecule has 0 spiro atoms. The molecule has 3 heterocycles. The van der Waals surface area contributed by atoms with Crippen molar-refractivity contribution in [2.24, 2.45) is 12.1 Å². The predicted molar refractivity (Wildman–Crippen MR) is 80.5 cm³/mol. The van der Waals surface area contributed by atoms with Gasteiger partial charge in [-0.3, -0.25) is 9.98 Å². The second kappa shape index (κ2) is 4.36. The van der Waals surface area contributed by atoms with Gasteiger partial charge in [-0.2, -0.15) is 5.10 Å². The van der Waals surface area contributed by atoms with Crippen LogP contribution in [-0.4, -0.2) is 46.3 Å². The number of hydrogen-bond donors (Lipinski definition) is 2. The quantitative estimate of drug-likeness (QED) is 0.806. The van der Waals surface area contributed by atoms with E-state index in [0.29, 0.717) is 11.5 Å². The highest BCUT2D eigenvalue weighted by atomic mass is 15.5. The lowest BCUT2D eigenvalue weighted by molar-refractivity contribution is 0.415. The van der Waals surface area contributed by atoms with E-state index < -0.39 is 0 Å². The molecule has 0 amide bonds. The summed E-state index contributed by atoms with van der Waals surface area (Å²) in [5, 5.41) is 17.8. The lowest BCUT2D eigenvalue weighted by atomic mass is 10.2. The third kappa shape index (κ3) is 1.77. The molecule has 7 heteroatoms. The van der Waals surface area contributed by atoms with Crippen molar-refractivity contribution in [3.05, 3.63) is 17.3 Å². The third-order valence-electron chi connectivity index (χ3n) is 3.77. The molecule has 0 saturated carbocycles. The van der Waals surface area contributed by atoms with Gasteiger partial charge in [0.2, 0.25) is 5.95 Å². The van der Waals surface area contributed by atoms with Gasteiger partial charge in [0.15, 0.2) is 5.84 Å². The minimum Gasteiger partial charge on any atom is -0.350 e. The van der Waals surface area contributed by atoms with E-state index in [1.165, 1.54) is 5.57 Å². The van der Waals surface area contributed by atoms with Gasteiger partial charge in [0.25, 0.3) is 0 Å². The summed E-state index contributed by atoms with van der Waals surface area (Å²) in [5.74, 6) is 2.05. The van der Waals surface area contributed by atoms with Crippen molar-refractivity contribution in [1.29, 1.82) is 5.41 Å². The van der Waals surface area contributed by atoms with Gasteiger partial charge in [0.05, 0.1) is 12.7 Å². The van der Waals surface area contributed by atoms with Crippen LogP contribution in [0.2, 0.25) is 0 Å². The molecule has 1 atom stereocenters. The van der Waals surface area contributed by atoms with E-state index in [2.05, 4.69) is 22.3 Å². The van der Waals surface area contributed by atoms with Crippen molar-refractivity contribution in [1.82, 2.24) is 14.5 Å². The largest absolute Gasteiger partial charge is 0.350 e. The number of rotatable bonds is 1. The summed E-state index contributed by atoms with van der Waals surface area (Å²) in [6.45, 7) is 4.81. The fourth-order valence-corrected chi connectivity index (χ4v) is 2.40. The lowest BCUT2D eigenvalue weighted by Gasteiger charge is -2.32. The van der Waals surface area contributed by atoms with Gasteiger partial charge >= 0.3 is 0 Å². The van der Waals surface area contributed by atoms with Crippen LogP contribution in [-0.2, 0) is 7.05 Å². The van der Waals surface area contributed by atoms with Crippen LogP contribution in [0, 0.1) is 5.41 Å². The van der Waals surface area contributed by atoms with Crippen LogP contribution in [0.1, 0.15) is 19.5 Å². The van der Waals surface area contributed by atoms with Crippen LogP contribution in [0.3, 0.4) is 0 Å². The Bertz CT molecular complexity index is 625. The summed E-state index contributed by atoms with van der Waals surface area (Å²) in [7, 11) is 3.84. The van der Waals surface area contributed by atoms with E-state index in [1.807, 2.05) is 41.6 Å². The first-order valence-electron chi connectivity index (χ1n) is 6.61. The summed E-state index contributed by atoms with van der Waals surface area (Å²) in [6.07, 6.45) is 3.85. The number of fused-ring (bicyclic) bond motifs is 1. The number of amidine groups is 1. The van der Waals surface area contributed by atoms with Crippen molar-refractivity contribution in [2.45, 2.75) is 20.0 Å². The topological polar surface area (TPSA) is 72.5 Å². The van der Waals surface area contributed by atoms with Crippen LogP contribution in [0.25, 0.3) is 0 Å². The van der Waals surface area contributed by atoms with Gasteiger partial charge in [-0.25, -0.2) is 9.99 Å². The molecule has 3 rings (SSSR count). The van der Waals surface area contributed by atoms with Gasteiger partial charge in [0, 0.05) is 20.3 Å². The highest BCUT2D eigenvalue weighted by Crippen LogP contribution is 2.29. The molecule has 2 N–H and O–H groups in total. The van der Waals surface area contributed by atoms with E-state index in [9.17, 15) is 0 Å². The molecule has 0 bridgehead atoms. The highest BCUT2D eigenvalue weighted by Gasteiger charge is 2.30. The van der Waals surface area contributed by atoms with E-state index in [0.717, 1.165) is 18.3 Å². The summed E-state index contributed by atoms with van der Waals surface area (Å²) in [5.41, 5.74) is 1.90. The number of anilines is 2. The van der Waals surface area contributed by atoms with Gasteiger partial charge in [-0.15, -0.1) is 0 Å². The molecular weight excluding hydrogens is 254 g/mol. The molecule has 1 aromatic rings. The van der Waals surface area contributed by atoms with Crippen LogP contribution in [0.4, 0.5) is 11.8 Å². The Morgan fingerprint density at radius 3 is 2.85 bits per heavy atom. The monoisotopic (exact) mass is 273 g/mol. The Morgan fingerprint density at radius 1 is 1.40 bits per heavy atom. The smallest absolute Gasteiger partial charge is 0.228 e. The molecule has 2 aliphatic rings. The summed E-state index contributed by atoms with van der Waals surface area (Å²) >= 11 is 0. The van der Waals surface area contributed by atoms with Crippen molar-refractivity contribution in [3.8, 4) is 0 Å². The fraction of sp³-hybridized carbons (Fsp3) is 0.462. The second-order valence-corrected chi connectivity index (χ2v) is 5.28. The number of hydrazone groups is 1. The Morgan fingerprint density at radius 2 is 2.15 bits per heavy atom. The normalized spacial score (nSPS) is 21.7. The minimum atomic E-state index is 0.0738. The number of nitrogens with one attached hydrogen (secondary N) is 2. The SMILES string of the molecule is CC1=CC=NN(c2nc3c(n2C)NC(C)N(C)C3=N)C1. The maximum Gasteiger partial charge on any atom is 0.228 e. The van der Waals surface area contributed by atoms with Crippen molar-refractivity contribution >= 4 is 23.8 Å². The first-order chi connectivity index (χ1) is 9.49. The molecule has 0 fully saturated rings. The van der Waals surface area contributed by atoms with Gasteiger partial charge in [-0.1, -0.05) is 5.57 Å². The molecule has 0 aliphatic carbocycles. The zero-order valence-corrected chi connectivity index (χ0v) is 12.2. The second-order valence-electron chi connectivity index (χ2n) is 5.28. The van der Waals surface area contributed by atoms with E-state index >= 15 is 0 Å². The first-order valence-corrected chi connectivity index (χ1v) is 6.61. The molecule has 0 aromatic carbocycles. The molecule has 1 aromatic heterocycles. The Labute approximate surface area is 118 Å². The minimum absolute atomic E-state index is 0.0738. The van der Waals surface area contributed by atoms with Crippen molar-refractivity contribution in [2.75, 3.05) is 23.9 Å². The molecule has 1 unspecified atom stereocenters. The van der Waals surface area contributed by atoms with Crippen LogP contribution < -0.4 is 10.3 Å². The summed E-state index contributed by atoms with van der Waals surface area (Å²) in [6, 6.07) is 0. The maximum absolute atomic E-state index is 8.21. The Balaban J connectivity index is 2.02. The Hall–Kier alpha value is -2.31. The zero-order valence-electron chi connectivity index (χ0n) is 12.2. The van der Waals surface area contributed by atoms with E-state index in [-0.39, 0.29) is 6.17 Å². The van der Waals surface area contributed by atoms with Gasteiger partial charge < -0.3 is 10.2 Å². The number of nitrogens with zero attached hydrogens (tertiary/aromatic N) is 5. The zero-order chi connectivity index (χ0) is 14.4. The number of aromatic nitrogens is 2. The predicted octanol–water partition coefficient (Wildman–Crippen LogP) is 1.20. The van der Waals surface area contributed by atoms with Gasteiger partial charge in [0.1, 0.15) is 11.5 Å². The van der Waals surface area contributed by atoms with Crippen molar-refractivity contribution < 1.29 is 0 Å². The molecule has 0 saturated heterocycles. The van der Waals surface area contributed by atoms with Crippen LogP contribution >= 0.6 is 0 Å². The molecule has 20 heavy (non-hydrogen) atoms. The van der Waals surface area contributed by atoms with Gasteiger partial charge in [-0.05, 0) is 19.9 Å². The molecule has 7 nitrogen and oxygen atoms in total. The third-order valence-corrected chi connectivity index (χ3v) is 3.77. The summed E-state index contributed by atoms with van der Waals surface area (Å²) in [4.78, 5) is 6.46. The van der Waals surface area contributed by atoms with Crippen molar-refractivity contribution in [3.63, 3.8) is 0 Å². The molecule has 2 aliphatic heterocycles.